The second-order valence-electron chi connectivity index (χ2n) is 12.2. The van der Waals surface area contributed by atoms with E-state index in [9.17, 15) is 18.0 Å². The van der Waals surface area contributed by atoms with E-state index in [1.807, 2.05) is 6.07 Å². The van der Waals surface area contributed by atoms with Gasteiger partial charge in [0, 0.05) is 30.9 Å². The van der Waals surface area contributed by atoms with E-state index >= 15 is 0 Å². The number of halogens is 1. The number of piperidine rings is 1. The van der Waals surface area contributed by atoms with Crippen molar-refractivity contribution in [1.82, 2.24) is 30.3 Å². The quantitative estimate of drug-likeness (QED) is 0.171. The summed E-state index contributed by atoms with van der Waals surface area (Å²) in [6.45, 7) is 6.64. The summed E-state index contributed by atoms with van der Waals surface area (Å²) < 4.78 is 33.2. The molecule has 13 nitrogen and oxygen atoms in total. The van der Waals surface area contributed by atoms with E-state index in [-0.39, 0.29) is 31.6 Å². The molecule has 1 aromatic carbocycles. The SMILES string of the molecule is CC(C)(C)OC(=O)NC1(C(=O)NC(CCNS(=O)(=O)CCCCN)c2ccc(Cl)cc2)CCN(c2ncnc3[nH]ccc23)CC1. The van der Waals surface area contributed by atoms with Crippen molar-refractivity contribution >= 4 is 50.5 Å². The highest BCUT2D eigenvalue weighted by Gasteiger charge is 2.45. The van der Waals surface area contributed by atoms with Gasteiger partial charge in [-0.1, -0.05) is 23.7 Å². The van der Waals surface area contributed by atoms with Crippen LogP contribution in [-0.4, -0.2) is 78.4 Å². The molecule has 3 aromatic rings. The highest BCUT2D eigenvalue weighted by atomic mass is 35.5. The van der Waals surface area contributed by atoms with Gasteiger partial charge in [0.05, 0.1) is 17.2 Å². The topological polar surface area (TPSA) is 184 Å². The Kier molecular flexibility index (Phi) is 11.3. The monoisotopic (exact) mass is 662 g/mol. The zero-order chi connectivity index (χ0) is 32.7. The van der Waals surface area contributed by atoms with Crippen molar-refractivity contribution < 1.29 is 22.7 Å². The summed E-state index contributed by atoms with van der Waals surface area (Å²) in [5.41, 5.74) is 4.89. The van der Waals surface area contributed by atoms with Crippen molar-refractivity contribution in [3.63, 3.8) is 0 Å². The molecule has 2 amide bonds. The van der Waals surface area contributed by atoms with Crippen LogP contribution in [0.5, 0.6) is 0 Å². The molecule has 0 spiro atoms. The first-order chi connectivity index (χ1) is 21.3. The Hall–Kier alpha value is -3.46. The number of sulfonamides is 1. The minimum Gasteiger partial charge on any atom is -0.444 e. The number of carbonyl (C=O) groups excluding carboxylic acids is 2. The van der Waals surface area contributed by atoms with Crippen molar-refractivity contribution in [3.05, 3.63) is 53.4 Å². The number of nitrogens with one attached hydrogen (secondary N) is 4. The van der Waals surface area contributed by atoms with E-state index in [0.29, 0.717) is 43.1 Å². The summed E-state index contributed by atoms with van der Waals surface area (Å²) in [5, 5.41) is 7.38. The molecule has 0 aliphatic carbocycles. The van der Waals surface area contributed by atoms with Crippen LogP contribution in [0, 0.1) is 0 Å². The summed E-state index contributed by atoms with van der Waals surface area (Å²) in [6.07, 6.45) is 4.48. The number of nitrogens with zero attached hydrogens (tertiary/aromatic N) is 3. The molecular weight excluding hydrogens is 620 g/mol. The summed E-state index contributed by atoms with van der Waals surface area (Å²) in [7, 11) is -3.51. The van der Waals surface area contributed by atoms with Gasteiger partial charge in [-0.15, -0.1) is 0 Å². The average molecular weight is 663 g/mol. The van der Waals surface area contributed by atoms with E-state index in [1.165, 1.54) is 6.33 Å². The predicted octanol–water partition coefficient (Wildman–Crippen LogP) is 3.38. The van der Waals surface area contributed by atoms with Crippen LogP contribution in [0.25, 0.3) is 11.0 Å². The summed E-state index contributed by atoms with van der Waals surface area (Å²) in [5.74, 6) is 0.321. The maximum absolute atomic E-state index is 14.2. The fraction of sp³-hybridized carbons (Fsp3) is 0.533. The van der Waals surface area contributed by atoms with Gasteiger partial charge in [-0.2, -0.15) is 0 Å². The Morgan fingerprint density at radius 2 is 1.84 bits per heavy atom. The van der Waals surface area contributed by atoms with Gasteiger partial charge < -0.3 is 31.0 Å². The molecule has 3 heterocycles. The minimum absolute atomic E-state index is 0.0248. The van der Waals surface area contributed by atoms with Crippen molar-refractivity contribution in [2.75, 3.05) is 36.8 Å². The molecule has 246 valence electrons. The van der Waals surface area contributed by atoms with Crippen molar-refractivity contribution in [2.24, 2.45) is 5.73 Å². The van der Waals surface area contributed by atoms with Crippen molar-refractivity contribution in [1.29, 1.82) is 0 Å². The smallest absolute Gasteiger partial charge is 0.408 e. The standard InChI is InChI=1S/C30H43ClN8O5S/c1-29(2,3)44-28(41)38-30(12-17-39(18-13-30)26-23-10-15-33-25(23)34-20-35-26)27(40)37-24(21-6-8-22(31)9-7-21)11-16-36-45(42,43)19-5-4-14-32/h6-10,15,20,24,36H,4-5,11-14,16-19,32H2,1-3H3,(H,37,40)(H,38,41)(H,33,34,35). The molecule has 1 aliphatic rings. The first-order valence-electron chi connectivity index (χ1n) is 15.1. The van der Waals surface area contributed by atoms with Crippen LogP contribution in [0.1, 0.15) is 64.5 Å². The van der Waals surface area contributed by atoms with Gasteiger partial charge in [0.2, 0.25) is 15.9 Å². The van der Waals surface area contributed by atoms with E-state index in [1.54, 1.807) is 51.2 Å². The highest BCUT2D eigenvalue weighted by Crippen LogP contribution is 2.31. The highest BCUT2D eigenvalue weighted by molar-refractivity contribution is 7.89. The number of alkyl carbamates (subject to hydrolysis) is 1. The summed E-state index contributed by atoms with van der Waals surface area (Å²) in [4.78, 5) is 41.2. The fourth-order valence-corrected chi connectivity index (χ4v) is 6.58. The molecule has 0 bridgehead atoms. The van der Waals surface area contributed by atoms with Gasteiger partial charge in [0.25, 0.3) is 0 Å². The Balaban J connectivity index is 1.54. The van der Waals surface area contributed by atoms with E-state index < -0.39 is 39.2 Å². The Morgan fingerprint density at radius 1 is 1.13 bits per heavy atom. The van der Waals surface area contributed by atoms with Crippen LogP contribution in [0.15, 0.2) is 42.9 Å². The second-order valence-corrected chi connectivity index (χ2v) is 14.6. The van der Waals surface area contributed by atoms with Crippen molar-refractivity contribution in [3.8, 4) is 0 Å². The van der Waals surface area contributed by atoms with Crippen LogP contribution in [-0.2, 0) is 19.6 Å². The summed E-state index contributed by atoms with van der Waals surface area (Å²) >= 11 is 6.13. The molecule has 1 unspecified atom stereocenters. The molecule has 1 aliphatic heterocycles. The number of anilines is 1. The third-order valence-electron chi connectivity index (χ3n) is 7.62. The summed E-state index contributed by atoms with van der Waals surface area (Å²) in [6, 6.07) is 8.33. The van der Waals surface area contributed by atoms with Gasteiger partial charge in [-0.05, 0) is 83.2 Å². The van der Waals surface area contributed by atoms with Gasteiger partial charge in [0.1, 0.15) is 28.9 Å². The Bertz CT molecular complexity index is 1550. The molecule has 1 atom stereocenters. The molecule has 1 fully saturated rings. The molecule has 2 aromatic heterocycles. The van der Waals surface area contributed by atoms with Crippen LogP contribution in [0.4, 0.5) is 10.6 Å². The molecule has 45 heavy (non-hydrogen) atoms. The number of rotatable bonds is 13. The number of aromatic nitrogens is 3. The Labute approximate surface area is 269 Å². The lowest BCUT2D eigenvalue weighted by Crippen LogP contribution is -2.64. The lowest BCUT2D eigenvalue weighted by atomic mass is 9.85. The van der Waals surface area contributed by atoms with Crippen LogP contribution >= 0.6 is 11.6 Å². The fourth-order valence-electron chi connectivity index (χ4n) is 5.30. The largest absolute Gasteiger partial charge is 0.444 e. The van der Waals surface area contributed by atoms with Gasteiger partial charge in [-0.3, -0.25) is 4.79 Å². The first-order valence-corrected chi connectivity index (χ1v) is 17.1. The normalized spacial score (nSPS) is 15.9. The molecule has 4 rings (SSSR count). The third kappa shape index (κ3) is 9.52. The molecular formula is C30H43ClN8O5S. The predicted molar refractivity (Wildman–Crippen MR) is 174 cm³/mol. The number of hydrogen-bond donors (Lipinski definition) is 5. The second kappa shape index (κ2) is 14.8. The van der Waals surface area contributed by atoms with E-state index in [0.717, 1.165) is 16.8 Å². The number of hydrogen-bond acceptors (Lipinski definition) is 9. The lowest BCUT2D eigenvalue weighted by molar-refractivity contribution is -0.129. The minimum atomic E-state index is -3.51. The zero-order valence-corrected chi connectivity index (χ0v) is 27.5. The number of aromatic amines is 1. The number of nitrogens with two attached hydrogens (primary N) is 1. The first kappa shape index (κ1) is 34.4. The molecule has 1 saturated heterocycles. The van der Waals surface area contributed by atoms with Gasteiger partial charge in [-0.25, -0.2) is 27.9 Å². The van der Waals surface area contributed by atoms with E-state index in [4.69, 9.17) is 22.1 Å². The number of fused-ring (bicyclic) bond motifs is 1. The average Bonchev–Trinajstić information content (AvgIpc) is 3.46. The molecule has 6 N–H and O–H groups in total. The van der Waals surface area contributed by atoms with Crippen LogP contribution in [0.2, 0.25) is 5.02 Å². The van der Waals surface area contributed by atoms with Crippen LogP contribution < -0.4 is 26.0 Å². The third-order valence-corrected chi connectivity index (χ3v) is 9.35. The molecule has 15 heteroatoms. The Morgan fingerprint density at radius 3 is 2.51 bits per heavy atom. The number of benzene rings is 1. The van der Waals surface area contributed by atoms with Gasteiger partial charge >= 0.3 is 6.09 Å². The lowest BCUT2D eigenvalue weighted by Gasteiger charge is -2.42. The number of unbranched alkanes of at least 4 members (excludes halogenated alkanes) is 1. The number of amides is 2. The molecule has 0 saturated carbocycles. The maximum atomic E-state index is 14.2. The number of ether oxygens (including phenoxy) is 1. The van der Waals surface area contributed by atoms with Crippen LogP contribution in [0.3, 0.4) is 0 Å². The van der Waals surface area contributed by atoms with Gasteiger partial charge in [0.15, 0.2) is 0 Å². The number of carbonyl (C=O) groups is 2. The zero-order valence-electron chi connectivity index (χ0n) is 25.9. The van der Waals surface area contributed by atoms with Crippen molar-refractivity contribution in [2.45, 2.75) is 70.1 Å². The maximum Gasteiger partial charge on any atom is 0.408 e. The van der Waals surface area contributed by atoms with E-state index in [2.05, 4.69) is 35.2 Å². The number of H-pyrrole nitrogens is 1. The molecule has 0 radical (unpaired) electrons.